The van der Waals surface area contributed by atoms with Crippen molar-refractivity contribution < 1.29 is 4.92 Å². The van der Waals surface area contributed by atoms with Crippen molar-refractivity contribution in [2.45, 2.75) is 73.1 Å². The van der Waals surface area contributed by atoms with E-state index in [9.17, 15) is 10.1 Å². The average molecular weight is 277 g/mol. The molecule has 0 fully saturated rings. The standard InChI is InChI=1S/C17H27NO2/c1-9(2)14-12(7)15(10(3)4)17(18(19)20)16(11(5)6)13(14)8/h9-11H,1-8H3. The fourth-order valence-corrected chi connectivity index (χ4v) is 3.55. The van der Waals surface area contributed by atoms with Crippen LogP contribution in [0.1, 0.15) is 87.1 Å². The summed E-state index contributed by atoms with van der Waals surface area (Å²) < 4.78 is 0. The Morgan fingerprint density at radius 3 is 1.25 bits per heavy atom. The molecule has 0 aliphatic carbocycles. The van der Waals surface area contributed by atoms with Crippen molar-refractivity contribution in [2.24, 2.45) is 0 Å². The summed E-state index contributed by atoms with van der Waals surface area (Å²) in [6.07, 6.45) is 0. The summed E-state index contributed by atoms with van der Waals surface area (Å²) in [5.41, 5.74) is 5.64. The Morgan fingerprint density at radius 2 is 1.05 bits per heavy atom. The van der Waals surface area contributed by atoms with Crippen molar-refractivity contribution in [1.29, 1.82) is 0 Å². The third kappa shape index (κ3) is 2.72. The largest absolute Gasteiger partial charge is 0.276 e. The highest BCUT2D eigenvalue weighted by Gasteiger charge is 2.30. The van der Waals surface area contributed by atoms with Crippen LogP contribution in [0.4, 0.5) is 5.69 Å². The zero-order valence-corrected chi connectivity index (χ0v) is 14.0. The molecule has 0 atom stereocenters. The number of nitrogens with zero attached hydrogens (tertiary/aromatic N) is 1. The van der Waals surface area contributed by atoms with Crippen molar-refractivity contribution in [3.63, 3.8) is 0 Å². The molecule has 0 spiro atoms. The Balaban J connectivity index is 3.96. The molecule has 0 saturated heterocycles. The van der Waals surface area contributed by atoms with Crippen molar-refractivity contribution >= 4 is 5.69 Å². The number of hydrogen-bond donors (Lipinski definition) is 0. The molecule has 0 amide bonds. The van der Waals surface area contributed by atoms with E-state index in [1.165, 1.54) is 5.56 Å². The van der Waals surface area contributed by atoms with E-state index in [-0.39, 0.29) is 16.8 Å². The zero-order chi connectivity index (χ0) is 15.8. The monoisotopic (exact) mass is 277 g/mol. The molecule has 3 heteroatoms. The maximum atomic E-state index is 11.6. The van der Waals surface area contributed by atoms with Crippen LogP contribution in [0.2, 0.25) is 0 Å². The molecule has 1 aromatic rings. The molecule has 0 heterocycles. The molecule has 112 valence electrons. The van der Waals surface area contributed by atoms with E-state index in [0.717, 1.165) is 22.3 Å². The number of hydrogen-bond acceptors (Lipinski definition) is 2. The molecule has 1 aromatic carbocycles. The predicted octanol–water partition coefficient (Wildman–Crippen LogP) is 5.58. The summed E-state index contributed by atoms with van der Waals surface area (Å²) in [7, 11) is 0. The third-order valence-corrected chi connectivity index (χ3v) is 4.04. The first kappa shape index (κ1) is 16.7. The third-order valence-electron chi connectivity index (χ3n) is 4.04. The lowest BCUT2D eigenvalue weighted by Crippen LogP contribution is -2.12. The second-order valence-electron chi connectivity index (χ2n) is 6.56. The quantitative estimate of drug-likeness (QED) is 0.532. The van der Waals surface area contributed by atoms with Gasteiger partial charge < -0.3 is 0 Å². The van der Waals surface area contributed by atoms with Gasteiger partial charge in [0.15, 0.2) is 0 Å². The van der Waals surface area contributed by atoms with E-state index < -0.39 is 0 Å². The molecule has 1 rings (SSSR count). The van der Waals surface area contributed by atoms with E-state index >= 15 is 0 Å². The van der Waals surface area contributed by atoms with Gasteiger partial charge in [-0.15, -0.1) is 0 Å². The molecule has 0 unspecified atom stereocenters. The highest BCUT2D eigenvalue weighted by atomic mass is 16.6. The summed E-state index contributed by atoms with van der Waals surface area (Å²) >= 11 is 0. The van der Waals surface area contributed by atoms with E-state index in [1.54, 1.807) is 0 Å². The summed E-state index contributed by atoms with van der Waals surface area (Å²) in [4.78, 5) is 11.5. The van der Waals surface area contributed by atoms with Crippen LogP contribution in [0.15, 0.2) is 0 Å². The molecule has 0 radical (unpaired) electrons. The zero-order valence-electron chi connectivity index (χ0n) is 14.0. The maximum Gasteiger partial charge on any atom is 0.276 e. The van der Waals surface area contributed by atoms with Crippen molar-refractivity contribution in [2.75, 3.05) is 0 Å². The van der Waals surface area contributed by atoms with Gasteiger partial charge in [0.05, 0.1) is 4.92 Å². The van der Waals surface area contributed by atoms with Gasteiger partial charge in [-0.3, -0.25) is 10.1 Å². The molecule has 0 saturated carbocycles. The highest BCUT2D eigenvalue weighted by Crippen LogP contribution is 2.43. The van der Waals surface area contributed by atoms with Gasteiger partial charge in [-0.25, -0.2) is 0 Å². The Labute approximate surface area is 122 Å². The van der Waals surface area contributed by atoms with Crippen LogP contribution < -0.4 is 0 Å². The van der Waals surface area contributed by atoms with Crippen LogP contribution in [0.25, 0.3) is 0 Å². The smallest absolute Gasteiger partial charge is 0.258 e. The molecule has 0 N–H and O–H groups in total. The van der Waals surface area contributed by atoms with Crippen LogP contribution in [-0.4, -0.2) is 4.92 Å². The molecular weight excluding hydrogens is 250 g/mol. The molecule has 0 aromatic heterocycles. The van der Waals surface area contributed by atoms with Gasteiger partial charge in [0.2, 0.25) is 0 Å². The molecular formula is C17H27NO2. The minimum Gasteiger partial charge on any atom is -0.258 e. The van der Waals surface area contributed by atoms with Crippen LogP contribution in [0.5, 0.6) is 0 Å². The van der Waals surface area contributed by atoms with Crippen molar-refractivity contribution in [3.8, 4) is 0 Å². The minimum absolute atomic E-state index is 0.158. The summed E-state index contributed by atoms with van der Waals surface area (Å²) in [6, 6.07) is 0. The normalized spacial score (nSPS) is 11.8. The lowest BCUT2D eigenvalue weighted by Gasteiger charge is -2.24. The molecule has 20 heavy (non-hydrogen) atoms. The van der Waals surface area contributed by atoms with Crippen LogP contribution in [0, 0.1) is 24.0 Å². The fraction of sp³-hybridized carbons (Fsp3) is 0.647. The topological polar surface area (TPSA) is 43.1 Å². The summed E-state index contributed by atoms with van der Waals surface area (Å²) in [5, 5.41) is 11.6. The highest BCUT2D eigenvalue weighted by molar-refractivity contribution is 5.62. The summed E-state index contributed by atoms with van der Waals surface area (Å²) in [6.45, 7) is 16.6. The number of benzene rings is 1. The second-order valence-corrected chi connectivity index (χ2v) is 6.56. The lowest BCUT2D eigenvalue weighted by molar-refractivity contribution is -0.386. The number of rotatable bonds is 4. The fourth-order valence-electron chi connectivity index (χ4n) is 3.55. The minimum atomic E-state index is -0.186. The first-order valence-electron chi connectivity index (χ1n) is 7.42. The van der Waals surface area contributed by atoms with Crippen LogP contribution in [-0.2, 0) is 0 Å². The van der Waals surface area contributed by atoms with Crippen molar-refractivity contribution in [1.82, 2.24) is 0 Å². The second kappa shape index (κ2) is 5.94. The Kier molecular flexibility index (Phi) is 4.95. The summed E-state index contributed by atoms with van der Waals surface area (Å²) in [5.74, 6) is 0.697. The van der Waals surface area contributed by atoms with Crippen LogP contribution >= 0.6 is 0 Å². The van der Waals surface area contributed by atoms with E-state index in [0.29, 0.717) is 11.6 Å². The Bertz CT molecular complexity index is 493. The lowest BCUT2D eigenvalue weighted by atomic mass is 9.79. The van der Waals surface area contributed by atoms with Gasteiger partial charge in [0.25, 0.3) is 5.69 Å². The predicted molar refractivity (Wildman–Crippen MR) is 84.8 cm³/mol. The number of nitro benzene ring substituents is 1. The van der Waals surface area contributed by atoms with Gasteiger partial charge in [-0.1, -0.05) is 41.5 Å². The maximum absolute atomic E-state index is 11.6. The Hall–Kier alpha value is -1.38. The van der Waals surface area contributed by atoms with E-state index in [4.69, 9.17) is 0 Å². The molecule has 0 aliphatic rings. The van der Waals surface area contributed by atoms with Gasteiger partial charge in [0.1, 0.15) is 0 Å². The first-order valence-corrected chi connectivity index (χ1v) is 7.42. The van der Waals surface area contributed by atoms with Gasteiger partial charge in [-0.05, 0) is 48.3 Å². The van der Waals surface area contributed by atoms with Gasteiger partial charge in [-0.2, -0.15) is 0 Å². The molecule has 0 bridgehead atoms. The van der Waals surface area contributed by atoms with E-state index in [2.05, 4.69) is 13.8 Å². The molecule has 0 aliphatic heterocycles. The van der Waals surface area contributed by atoms with E-state index in [1.807, 2.05) is 41.5 Å². The SMILES string of the molecule is Cc1c(C(C)C)c(C)c(C(C)C)c([N+](=O)[O-])c1C(C)C. The van der Waals surface area contributed by atoms with Crippen molar-refractivity contribution in [3.05, 3.63) is 37.9 Å². The first-order chi connectivity index (χ1) is 9.11. The molecule has 3 nitrogen and oxygen atoms in total. The number of nitro groups is 1. The average Bonchev–Trinajstić information content (AvgIpc) is 2.25. The van der Waals surface area contributed by atoms with Crippen LogP contribution in [0.3, 0.4) is 0 Å². The van der Waals surface area contributed by atoms with Gasteiger partial charge >= 0.3 is 0 Å². The Morgan fingerprint density at radius 1 is 0.750 bits per heavy atom. The van der Waals surface area contributed by atoms with Gasteiger partial charge in [0, 0.05) is 11.1 Å².